The molecule has 0 bridgehead atoms. The molecule has 1 amide bonds. The molecular formula is C16H15BF4N2O4S. The van der Waals surface area contributed by atoms with E-state index < -0.39 is 50.6 Å². The molecule has 1 heterocycles. The second-order valence-corrected chi connectivity index (χ2v) is 8.29. The first kappa shape index (κ1) is 21.8. The van der Waals surface area contributed by atoms with Gasteiger partial charge in [0.1, 0.15) is 25.2 Å². The van der Waals surface area contributed by atoms with Crippen LogP contribution >= 0.6 is 0 Å². The van der Waals surface area contributed by atoms with Crippen LogP contribution in [0.15, 0.2) is 41.3 Å². The largest absolute Gasteiger partial charge is 0.432 e. The maximum absolute atomic E-state index is 12.9. The number of rotatable bonds is 5. The molecule has 0 saturated carbocycles. The summed E-state index contributed by atoms with van der Waals surface area (Å²) in [7, 11) is -3.00. The zero-order valence-electron chi connectivity index (χ0n) is 14.7. The molecule has 1 aromatic carbocycles. The summed E-state index contributed by atoms with van der Waals surface area (Å²) in [5.41, 5.74) is -3.88. The van der Waals surface area contributed by atoms with E-state index in [9.17, 15) is 35.9 Å². The minimum atomic E-state index is -4.75. The lowest BCUT2D eigenvalue weighted by molar-refractivity contribution is -0.140. The second kappa shape index (κ2) is 7.51. The Morgan fingerprint density at radius 1 is 1.18 bits per heavy atom. The van der Waals surface area contributed by atoms with Crippen molar-refractivity contribution in [2.24, 2.45) is 0 Å². The van der Waals surface area contributed by atoms with E-state index in [0.29, 0.717) is 0 Å². The summed E-state index contributed by atoms with van der Waals surface area (Å²) in [5.74, 6) is -3.51. The average Bonchev–Trinajstić information content (AvgIpc) is 2.55. The minimum Gasteiger partial charge on any atom is -0.379 e. The van der Waals surface area contributed by atoms with Gasteiger partial charge >= 0.3 is 6.18 Å². The number of pyridine rings is 1. The van der Waals surface area contributed by atoms with Gasteiger partial charge in [-0.15, -0.1) is 0 Å². The van der Waals surface area contributed by atoms with Crippen molar-refractivity contribution in [3.63, 3.8) is 0 Å². The zero-order chi connectivity index (χ0) is 21.3. The Balaban J connectivity index is 2.22. The molecule has 2 aromatic rings. The maximum Gasteiger partial charge on any atom is 0.432 e. The third kappa shape index (κ3) is 5.07. The van der Waals surface area contributed by atoms with Gasteiger partial charge in [-0.05, 0) is 37.3 Å². The van der Waals surface area contributed by atoms with Gasteiger partial charge in [-0.1, -0.05) is 11.5 Å². The lowest BCUT2D eigenvalue weighted by Gasteiger charge is -2.22. The summed E-state index contributed by atoms with van der Waals surface area (Å²) in [6.45, 7) is 0.891. The van der Waals surface area contributed by atoms with Crippen LogP contribution in [0.5, 0.6) is 0 Å². The van der Waals surface area contributed by atoms with Gasteiger partial charge in [0.2, 0.25) is 0 Å². The predicted octanol–water partition coefficient (Wildman–Crippen LogP) is 0.661. The lowest BCUT2D eigenvalue weighted by Crippen LogP contribution is -2.46. The Labute approximate surface area is 158 Å². The first-order valence-electron chi connectivity index (χ1n) is 7.79. The Morgan fingerprint density at radius 3 is 2.29 bits per heavy atom. The van der Waals surface area contributed by atoms with Crippen molar-refractivity contribution in [2.45, 2.75) is 23.6 Å². The molecule has 150 valence electrons. The van der Waals surface area contributed by atoms with E-state index >= 15 is 0 Å². The van der Waals surface area contributed by atoms with E-state index in [4.69, 9.17) is 0 Å². The number of benzene rings is 1. The Morgan fingerprint density at radius 2 is 1.75 bits per heavy atom. The molecule has 0 aliphatic heterocycles. The van der Waals surface area contributed by atoms with Gasteiger partial charge in [0.25, 0.3) is 5.91 Å². The molecular weight excluding hydrogens is 403 g/mol. The number of hydrogen-bond donors (Lipinski definition) is 2. The smallest absolute Gasteiger partial charge is 0.379 e. The standard InChI is InChI=1S/C16H15BF4N2O4S/c1-15(25,8-28(26,27)10-4-2-9(18)3-5-10)14(24)23-12-7-6-11(17)13(22-12)16(19,20)21/h2-7,25H,8,17H2,1H3,(H,22,23,24)/t15-/m0/s1. The van der Waals surface area contributed by atoms with Crippen molar-refractivity contribution in [1.29, 1.82) is 0 Å². The van der Waals surface area contributed by atoms with E-state index in [2.05, 4.69) is 4.98 Å². The number of hydrogen-bond acceptors (Lipinski definition) is 5. The summed E-state index contributed by atoms with van der Waals surface area (Å²) in [4.78, 5) is 15.2. The van der Waals surface area contributed by atoms with Crippen LogP contribution in [-0.2, 0) is 20.8 Å². The number of aromatic nitrogens is 1. The van der Waals surface area contributed by atoms with Crippen LogP contribution in [0.3, 0.4) is 0 Å². The topological polar surface area (TPSA) is 96.4 Å². The van der Waals surface area contributed by atoms with E-state index in [-0.39, 0.29) is 10.4 Å². The fraction of sp³-hybridized carbons (Fsp3) is 0.250. The molecule has 0 aliphatic rings. The molecule has 0 saturated heterocycles. The number of halogens is 4. The van der Waals surface area contributed by atoms with Crippen molar-refractivity contribution >= 4 is 34.9 Å². The molecule has 2 N–H and O–H groups in total. The number of carbonyl (C=O) groups excluding carboxylic acids is 1. The highest BCUT2D eigenvalue weighted by Crippen LogP contribution is 2.27. The number of amides is 1. The van der Waals surface area contributed by atoms with Crippen LogP contribution in [-0.4, -0.2) is 43.6 Å². The van der Waals surface area contributed by atoms with E-state index in [1.54, 1.807) is 0 Å². The summed E-state index contributed by atoms with van der Waals surface area (Å²) in [5, 5.41) is 12.2. The van der Waals surface area contributed by atoms with Crippen LogP contribution in [0.2, 0.25) is 0 Å². The van der Waals surface area contributed by atoms with Crippen LogP contribution in [0.4, 0.5) is 23.4 Å². The number of carbonyl (C=O) groups is 1. The van der Waals surface area contributed by atoms with Crippen molar-refractivity contribution in [3.05, 3.63) is 47.9 Å². The van der Waals surface area contributed by atoms with Crippen molar-refractivity contribution in [2.75, 3.05) is 11.1 Å². The number of anilines is 1. The van der Waals surface area contributed by atoms with Crippen LogP contribution in [0, 0.1) is 5.82 Å². The average molecular weight is 418 g/mol. The summed E-state index contributed by atoms with van der Waals surface area (Å²) in [6, 6.07) is 5.90. The number of nitrogens with one attached hydrogen (secondary N) is 1. The molecule has 12 heteroatoms. The first-order chi connectivity index (χ1) is 12.7. The normalized spacial score (nSPS) is 14.4. The molecule has 0 spiro atoms. The maximum atomic E-state index is 12.9. The summed E-state index contributed by atoms with van der Waals surface area (Å²) < 4.78 is 76.3. The fourth-order valence-electron chi connectivity index (χ4n) is 2.30. The van der Waals surface area contributed by atoms with E-state index in [1.807, 2.05) is 5.32 Å². The van der Waals surface area contributed by atoms with Gasteiger partial charge in [0.15, 0.2) is 15.4 Å². The van der Waals surface area contributed by atoms with Crippen LogP contribution in [0.1, 0.15) is 12.6 Å². The minimum absolute atomic E-state index is 0.170. The number of alkyl halides is 3. The predicted molar refractivity (Wildman–Crippen MR) is 95.1 cm³/mol. The first-order valence-corrected chi connectivity index (χ1v) is 9.44. The molecule has 0 radical (unpaired) electrons. The van der Waals surface area contributed by atoms with Gasteiger partial charge in [-0.25, -0.2) is 17.8 Å². The van der Waals surface area contributed by atoms with E-state index in [1.165, 1.54) is 7.85 Å². The van der Waals surface area contributed by atoms with Gasteiger partial charge < -0.3 is 10.4 Å². The van der Waals surface area contributed by atoms with Gasteiger partial charge in [0, 0.05) is 0 Å². The lowest BCUT2D eigenvalue weighted by atomic mass is 9.94. The monoisotopic (exact) mass is 418 g/mol. The number of sulfone groups is 1. The molecule has 0 aliphatic carbocycles. The van der Waals surface area contributed by atoms with E-state index in [0.717, 1.165) is 43.3 Å². The zero-order valence-corrected chi connectivity index (χ0v) is 15.5. The SMILES string of the molecule is Bc1ccc(NC(=O)[C@@](C)(O)CS(=O)(=O)c2ccc(F)cc2)nc1C(F)(F)F. The Hall–Kier alpha value is -2.47. The highest BCUT2D eigenvalue weighted by Gasteiger charge is 2.38. The number of aliphatic hydroxyl groups is 1. The molecule has 2 rings (SSSR count). The van der Waals surface area contributed by atoms with Crippen molar-refractivity contribution in [3.8, 4) is 0 Å². The summed E-state index contributed by atoms with van der Waals surface area (Å²) in [6.07, 6.45) is -4.75. The molecule has 0 unspecified atom stereocenters. The van der Waals surface area contributed by atoms with Gasteiger partial charge in [-0.2, -0.15) is 13.2 Å². The van der Waals surface area contributed by atoms with Crippen molar-refractivity contribution < 1.29 is 35.9 Å². The Kier molecular flexibility index (Phi) is 5.86. The van der Waals surface area contributed by atoms with Crippen LogP contribution in [0.25, 0.3) is 0 Å². The molecule has 1 atom stereocenters. The third-order valence-electron chi connectivity index (χ3n) is 3.74. The third-order valence-corrected chi connectivity index (χ3v) is 5.67. The highest BCUT2D eigenvalue weighted by atomic mass is 32.2. The highest BCUT2D eigenvalue weighted by molar-refractivity contribution is 7.91. The molecule has 1 aromatic heterocycles. The van der Waals surface area contributed by atoms with Gasteiger partial charge in [0.05, 0.1) is 10.6 Å². The molecule has 0 fully saturated rings. The van der Waals surface area contributed by atoms with Gasteiger partial charge in [-0.3, -0.25) is 4.79 Å². The van der Waals surface area contributed by atoms with Crippen LogP contribution < -0.4 is 10.8 Å². The quantitative estimate of drug-likeness (QED) is 0.423. The molecule has 6 nitrogen and oxygen atoms in total. The second-order valence-electron chi connectivity index (χ2n) is 6.30. The fourth-order valence-corrected chi connectivity index (χ4v) is 3.89. The Bertz CT molecular complexity index is 993. The molecule has 28 heavy (non-hydrogen) atoms. The number of nitrogens with zero attached hydrogens (tertiary/aromatic N) is 1. The van der Waals surface area contributed by atoms with Crippen molar-refractivity contribution in [1.82, 2.24) is 4.98 Å². The summed E-state index contributed by atoms with van der Waals surface area (Å²) >= 11 is 0.